The van der Waals surface area contributed by atoms with Crippen molar-refractivity contribution in [1.29, 1.82) is 0 Å². The van der Waals surface area contributed by atoms with Crippen LogP contribution >= 0.6 is 0 Å². The lowest BCUT2D eigenvalue weighted by Crippen LogP contribution is -2.55. The molecule has 0 amide bonds. The van der Waals surface area contributed by atoms with E-state index in [4.69, 9.17) is 4.99 Å². The lowest BCUT2D eigenvalue weighted by atomic mass is 9.83. The summed E-state index contributed by atoms with van der Waals surface area (Å²) in [6.07, 6.45) is 4.84. The van der Waals surface area contributed by atoms with Gasteiger partial charge in [0.2, 0.25) is 0 Å². The van der Waals surface area contributed by atoms with E-state index in [-0.39, 0.29) is 21.7 Å². The van der Waals surface area contributed by atoms with Crippen LogP contribution in [0.4, 0.5) is 17.1 Å². The molecule has 0 N–H and O–H groups in total. The third-order valence-electron chi connectivity index (χ3n) is 8.92. The van der Waals surface area contributed by atoms with E-state index < -0.39 is 14.6 Å². The molecule has 2 aliphatic heterocycles. The third-order valence-corrected chi connectivity index (χ3v) is 12.3. The minimum absolute atomic E-state index is 0.0388. The van der Waals surface area contributed by atoms with Crippen molar-refractivity contribution in [3.05, 3.63) is 88.8 Å². The second-order valence-electron chi connectivity index (χ2n) is 17.1. The van der Waals surface area contributed by atoms with Crippen molar-refractivity contribution < 1.29 is 0 Å². The monoisotopic (exact) mass is 593 g/mol. The molecule has 0 aliphatic carbocycles. The van der Waals surface area contributed by atoms with Gasteiger partial charge in [0, 0.05) is 44.7 Å². The van der Waals surface area contributed by atoms with Gasteiger partial charge in [0.1, 0.15) is 0 Å². The molecule has 4 rings (SSSR count). The quantitative estimate of drug-likeness (QED) is 0.255. The number of allylic oxidation sites excluding steroid dienone is 5. The van der Waals surface area contributed by atoms with E-state index in [9.17, 15) is 0 Å². The molecule has 2 aliphatic rings. The first kappa shape index (κ1) is 33.4. The molecule has 2 aromatic rings. The normalized spacial score (nSPS) is 19.5. The van der Waals surface area contributed by atoms with E-state index >= 15 is 0 Å². The highest BCUT2D eigenvalue weighted by molar-refractivity contribution is 6.72. The summed E-state index contributed by atoms with van der Waals surface area (Å²) in [5.41, 5.74) is 12.1. The maximum absolute atomic E-state index is 5.57. The fourth-order valence-corrected chi connectivity index (χ4v) is 10.3. The molecule has 230 valence electrons. The first-order chi connectivity index (χ1) is 19.5. The van der Waals surface area contributed by atoms with Gasteiger partial charge in [-0.1, -0.05) is 115 Å². The second kappa shape index (κ2) is 11.1. The summed E-state index contributed by atoms with van der Waals surface area (Å²) in [5, 5.41) is 0. The molecule has 0 fully saturated rings. The Morgan fingerprint density at radius 3 is 1.91 bits per heavy atom. The van der Waals surface area contributed by atoms with Crippen LogP contribution in [0.3, 0.4) is 0 Å². The molecule has 0 saturated carbocycles. The fourth-order valence-electron chi connectivity index (χ4n) is 6.08. The van der Waals surface area contributed by atoms with Crippen LogP contribution in [-0.4, -0.2) is 20.3 Å². The predicted molar refractivity (Wildman–Crippen MR) is 192 cm³/mol. The number of aryl methyl sites for hydroxylation is 2. The number of anilines is 2. The molecule has 2 aromatic carbocycles. The number of nitrogens with zero attached hydrogens (tertiary/aromatic N) is 3. The summed E-state index contributed by atoms with van der Waals surface area (Å²) in [6, 6.07) is 14.0. The number of aliphatic imine (C=N–C) groups is 1. The molecule has 4 heteroatoms. The number of rotatable bonds is 2. The van der Waals surface area contributed by atoms with Gasteiger partial charge in [-0.15, -0.1) is 0 Å². The van der Waals surface area contributed by atoms with Crippen LogP contribution in [0.15, 0.2) is 77.1 Å². The zero-order valence-corrected chi connectivity index (χ0v) is 31.0. The lowest BCUT2D eigenvalue weighted by Gasteiger charge is -2.45. The summed E-state index contributed by atoms with van der Waals surface area (Å²) in [7, 11) is 0. The second-order valence-corrected chi connectivity index (χ2v) is 19.9. The van der Waals surface area contributed by atoms with E-state index in [1.165, 1.54) is 39.5 Å². The highest BCUT2D eigenvalue weighted by Gasteiger charge is 2.54. The Morgan fingerprint density at radius 1 is 0.791 bits per heavy atom. The Labute approximate surface area is 268 Å². The molecule has 0 aromatic heterocycles. The molecule has 43 heavy (non-hydrogen) atoms. The van der Waals surface area contributed by atoms with Crippen molar-refractivity contribution in [2.45, 2.75) is 109 Å². The van der Waals surface area contributed by atoms with Gasteiger partial charge in [0.05, 0.1) is 5.69 Å². The van der Waals surface area contributed by atoms with E-state index in [1.807, 2.05) is 0 Å². The fraction of sp³-hybridized carbons (Fsp3) is 0.513. The maximum Gasteiger partial charge on any atom is 0.591 e. The van der Waals surface area contributed by atoms with Crippen LogP contribution < -0.4 is 7.77 Å². The van der Waals surface area contributed by atoms with Crippen molar-refractivity contribution in [3.63, 3.8) is 0 Å². The first-order valence-electron chi connectivity index (χ1n) is 16.0. The maximum atomic E-state index is 5.57. The summed E-state index contributed by atoms with van der Waals surface area (Å²) < 4.78 is 5.93. The van der Waals surface area contributed by atoms with Crippen LogP contribution in [-0.2, 0) is 0 Å². The molecule has 0 saturated heterocycles. The minimum atomic E-state index is -2.06. The van der Waals surface area contributed by atoms with Gasteiger partial charge in [0.25, 0.3) is 0 Å². The van der Waals surface area contributed by atoms with Crippen LogP contribution in [0.2, 0.25) is 0 Å². The molecule has 1 atom stereocenters. The Morgan fingerprint density at radius 2 is 1.37 bits per heavy atom. The van der Waals surface area contributed by atoms with E-state index in [2.05, 4.69) is 167 Å². The van der Waals surface area contributed by atoms with Gasteiger partial charge in [-0.2, -0.15) is 0 Å². The zero-order chi connectivity index (χ0) is 32.4. The van der Waals surface area contributed by atoms with Gasteiger partial charge in [-0.25, -0.2) is 0 Å². The van der Waals surface area contributed by atoms with E-state index in [0.717, 1.165) is 17.0 Å². The summed E-state index contributed by atoms with van der Waals surface area (Å²) in [5.74, 6) is 0. The number of fused-ring (bicyclic) bond motifs is 4. The van der Waals surface area contributed by atoms with E-state index in [1.54, 1.807) is 0 Å². The van der Waals surface area contributed by atoms with E-state index in [0.29, 0.717) is 4.78 Å². The van der Waals surface area contributed by atoms with Crippen LogP contribution in [0.5, 0.6) is 0 Å². The molecule has 0 bridgehead atoms. The smallest absolute Gasteiger partial charge is 0.418 e. The topological polar surface area (TPSA) is 18.8 Å². The largest absolute Gasteiger partial charge is 0.591 e. The Hall–Kier alpha value is -2.54. The SMILES string of the molecule is C=C(/C=C(\[N]1c2ccc(C)cc2N=C(C(C)(C)C)/C=C(/C(C)(C)C)[N]2c3cc(C)ccc3[C@H](C)[Al]12)C(C)(C)C)C(C)(C)C. The van der Waals surface area contributed by atoms with Crippen molar-refractivity contribution in [2.24, 2.45) is 26.7 Å². The molecule has 0 radical (unpaired) electrons. The Kier molecular flexibility index (Phi) is 8.62. The van der Waals surface area contributed by atoms with Gasteiger partial charge in [0.15, 0.2) is 0 Å². The molecule has 3 nitrogen and oxygen atoms in total. The van der Waals surface area contributed by atoms with Crippen LogP contribution in [0, 0.1) is 35.5 Å². The molecule has 0 spiro atoms. The van der Waals surface area contributed by atoms with Crippen molar-refractivity contribution in [3.8, 4) is 0 Å². The Bertz CT molecular complexity index is 1510. The van der Waals surface area contributed by atoms with Crippen LogP contribution in [0.25, 0.3) is 0 Å². The highest BCUT2D eigenvalue weighted by Crippen LogP contribution is 2.52. The van der Waals surface area contributed by atoms with Crippen molar-refractivity contribution >= 4 is 37.4 Å². The predicted octanol–water partition coefficient (Wildman–Crippen LogP) is 11.4. The molecular formula is C39H56AlN3. The summed E-state index contributed by atoms with van der Waals surface area (Å²) in [4.78, 5) is 5.57. The molecule has 2 heterocycles. The average molecular weight is 594 g/mol. The van der Waals surface area contributed by atoms with Crippen LogP contribution in [0.1, 0.15) is 111 Å². The number of benzene rings is 2. The van der Waals surface area contributed by atoms with Gasteiger partial charge >= 0.3 is 14.6 Å². The molecular weight excluding hydrogens is 537 g/mol. The zero-order valence-electron chi connectivity index (χ0n) is 29.8. The van der Waals surface area contributed by atoms with Crippen molar-refractivity contribution in [2.75, 3.05) is 7.77 Å². The van der Waals surface area contributed by atoms with Gasteiger partial charge in [-0.05, 0) is 76.7 Å². The van der Waals surface area contributed by atoms with Gasteiger partial charge in [-0.3, -0.25) is 4.99 Å². The Balaban J connectivity index is 2.25. The third kappa shape index (κ3) is 6.62. The average Bonchev–Trinajstić information content (AvgIpc) is 3.12. The molecule has 0 unspecified atom stereocenters. The summed E-state index contributed by atoms with van der Waals surface area (Å²) in [6.45, 7) is 39.3. The minimum Gasteiger partial charge on any atom is -0.418 e. The first-order valence-corrected chi connectivity index (χ1v) is 17.7. The van der Waals surface area contributed by atoms with Crippen molar-refractivity contribution in [1.82, 2.24) is 0 Å². The number of hydrogen-bond donors (Lipinski definition) is 0. The standard InChI is InChI=1S/C39H56N3.Al/c1-17-29-20-18-26(2)22-31(29)41-34(38(11,12)13)25-35(39(14,15)16)42-32-23-27(3)19-21-30(32)40-33(37(8,9)10)24-28(4)36(5,6)7;/h17-25H,4H2,1-3,5-16H3;/q-2;+2/b33-24-,34-25-,42-35?;. The van der Waals surface area contributed by atoms with Gasteiger partial charge < -0.3 is 7.77 Å². The highest BCUT2D eigenvalue weighted by atomic mass is 27.2. The lowest BCUT2D eigenvalue weighted by molar-refractivity contribution is 0.483. The summed E-state index contributed by atoms with van der Waals surface area (Å²) >= 11 is -2.06. The number of hydrogen-bond acceptors (Lipinski definition) is 3.